The first-order valence-electron chi connectivity index (χ1n) is 7.30. The number of nitrogens with zero attached hydrogens (tertiary/aromatic N) is 3. The number of nitriles is 1. The highest BCUT2D eigenvalue weighted by Gasteiger charge is 2.27. The van der Waals surface area contributed by atoms with E-state index in [0.29, 0.717) is 37.2 Å². The summed E-state index contributed by atoms with van der Waals surface area (Å²) in [4.78, 5) is 10.6. The molecule has 1 N–H and O–H groups in total. The van der Waals surface area contributed by atoms with Crippen molar-refractivity contribution in [2.24, 2.45) is 0 Å². The Morgan fingerprint density at radius 1 is 1.43 bits per heavy atom. The van der Waals surface area contributed by atoms with Gasteiger partial charge in [-0.3, -0.25) is 10.1 Å². The largest absolute Gasteiger partial charge is 0.377 e. The summed E-state index contributed by atoms with van der Waals surface area (Å²) in [5, 5.41) is 23.1. The molecule has 124 valence electrons. The normalized spacial score (nSPS) is 16.7. The maximum Gasteiger partial charge on any atom is 0.292 e. The number of nitro benzene ring substituents is 1. The fourth-order valence-electron chi connectivity index (χ4n) is 2.56. The van der Waals surface area contributed by atoms with Gasteiger partial charge in [-0.2, -0.15) is 5.26 Å². The fourth-order valence-corrected chi connectivity index (χ4v) is 3.69. The van der Waals surface area contributed by atoms with Gasteiger partial charge in [0.15, 0.2) is 0 Å². The van der Waals surface area contributed by atoms with Crippen LogP contribution in [0.5, 0.6) is 0 Å². The zero-order valence-corrected chi connectivity index (χ0v) is 13.5. The van der Waals surface area contributed by atoms with Gasteiger partial charge in [0, 0.05) is 25.2 Å². The third kappa shape index (κ3) is 3.97. The Balaban J connectivity index is 2.10. The Labute approximate surface area is 134 Å². The number of piperidine rings is 1. The highest BCUT2D eigenvalue weighted by molar-refractivity contribution is 7.89. The van der Waals surface area contributed by atoms with Crippen LogP contribution in [-0.2, 0) is 10.0 Å². The van der Waals surface area contributed by atoms with Gasteiger partial charge in [-0.1, -0.05) is 0 Å². The molecule has 0 saturated carbocycles. The number of anilines is 1. The molecule has 1 saturated heterocycles. The predicted octanol–water partition coefficient (Wildman–Crippen LogP) is 1.69. The number of hydrogen-bond donors (Lipinski definition) is 1. The molecule has 0 bridgehead atoms. The summed E-state index contributed by atoms with van der Waals surface area (Å²) in [7, 11) is -3.20. The molecule has 0 aromatic heterocycles. The maximum absolute atomic E-state index is 11.8. The monoisotopic (exact) mass is 338 g/mol. The number of nitrogens with one attached hydrogen (secondary N) is 1. The number of hydrogen-bond acceptors (Lipinski definition) is 6. The number of rotatable bonds is 5. The third-order valence-electron chi connectivity index (χ3n) is 3.89. The van der Waals surface area contributed by atoms with Gasteiger partial charge in [0.05, 0.1) is 22.3 Å². The van der Waals surface area contributed by atoms with Crippen LogP contribution in [0, 0.1) is 21.4 Å². The van der Waals surface area contributed by atoms with Crippen molar-refractivity contribution in [1.29, 1.82) is 5.26 Å². The molecule has 23 heavy (non-hydrogen) atoms. The minimum absolute atomic E-state index is 0.0639. The molecule has 0 radical (unpaired) electrons. The van der Waals surface area contributed by atoms with E-state index >= 15 is 0 Å². The van der Waals surface area contributed by atoms with E-state index < -0.39 is 14.9 Å². The van der Waals surface area contributed by atoms with Gasteiger partial charge in [-0.05, 0) is 31.9 Å². The van der Waals surface area contributed by atoms with Crippen molar-refractivity contribution in [2.75, 3.05) is 24.2 Å². The van der Waals surface area contributed by atoms with Crippen molar-refractivity contribution in [1.82, 2.24) is 4.31 Å². The first-order valence-corrected chi connectivity index (χ1v) is 8.91. The Morgan fingerprint density at radius 3 is 2.61 bits per heavy atom. The summed E-state index contributed by atoms with van der Waals surface area (Å²) in [6.45, 7) is 2.38. The van der Waals surface area contributed by atoms with Gasteiger partial charge < -0.3 is 5.32 Å². The molecule has 1 aliphatic heterocycles. The van der Waals surface area contributed by atoms with Gasteiger partial charge in [-0.25, -0.2) is 12.7 Å². The summed E-state index contributed by atoms with van der Waals surface area (Å²) >= 11 is 0. The van der Waals surface area contributed by atoms with E-state index in [9.17, 15) is 18.5 Å². The quantitative estimate of drug-likeness (QED) is 0.645. The summed E-state index contributed by atoms with van der Waals surface area (Å²) in [5.41, 5.74) is 0.544. The van der Waals surface area contributed by atoms with Crippen LogP contribution in [0.4, 0.5) is 11.4 Å². The number of benzene rings is 1. The van der Waals surface area contributed by atoms with Gasteiger partial charge in [0.1, 0.15) is 5.69 Å². The lowest BCUT2D eigenvalue weighted by Gasteiger charge is -2.31. The molecule has 1 aliphatic rings. The smallest absolute Gasteiger partial charge is 0.292 e. The average Bonchev–Trinajstić information content (AvgIpc) is 2.55. The van der Waals surface area contributed by atoms with E-state index in [2.05, 4.69) is 5.32 Å². The molecule has 0 atom stereocenters. The Morgan fingerprint density at radius 2 is 2.09 bits per heavy atom. The lowest BCUT2D eigenvalue weighted by atomic mass is 10.1. The maximum atomic E-state index is 11.8. The summed E-state index contributed by atoms with van der Waals surface area (Å²) in [5.74, 6) is 0.0702. The lowest BCUT2D eigenvalue weighted by molar-refractivity contribution is -0.384. The highest BCUT2D eigenvalue weighted by Crippen LogP contribution is 2.28. The Bertz CT molecular complexity index is 734. The molecule has 0 unspecified atom stereocenters. The molecule has 0 spiro atoms. The second-order valence-corrected chi connectivity index (χ2v) is 7.58. The van der Waals surface area contributed by atoms with E-state index in [4.69, 9.17) is 5.26 Å². The number of nitro groups is 1. The Hall–Kier alpha value is -2.18. The molecule has 0 aliphatic carbocycles. The van der Waals surface area contributed by atoms with Crippen LogP contribution in [-0.4, -0.2) is 42.5 Å². The summed E-state index contributed by atoms with van der Waals surface area (Å²) < 4.78 is 25.1. The van der Waals surface area contributed by atoms with Crippen molar-refractivity contribution in [3.8, 4) is 6.07 Å². The second kappa shape index (κ2) is 6.93. The van der Waals surface area contributed by atoms with Crippen molar-refractivity contribution < 1.29 is 13.3 Å². The minimum atomic E-state index is -3.20. The SMILES string of the molecule is CCS(=O)(=O)N1CCC(Nc2cc(C#N)ccc2[N+](=O)[O-])CC1. The highest BCUT2D eigenvalue weighted by atomic mass is 32.2. The average molecular weight is 338 g/mol. The second-order valence-electron chi connectivity index (χ2n) is 5.32. The molecular weight excluding hydrogens is 320 g/mol. The first-order chi connectivity index (χ1) is 10.9. The van der Waals surface area contributed by atoms with Gasteiger partial charge in [0.2, 0.25) is 10.0 Å². The van der Waals surface area contributed by atoms with Crippen molar-refractivity contribution in [3.05, 3.63) is 33.9 Å². The van der Waals surface area contributed by atoms with Crippen molar-refractivity contribution in [2.45, 2.75) is 25.8 Å². The van der Waals surface area contributed by atoms with E-state index in [0.717, 1.165) is 0 Å². The molecular formula is C14H18N4O4S. The third-order valence-corrected chi connectivity index (χ3v) is 5.78. The van der Waals surface area contributed by atoms with Crippen LogP contribution in [0.25, 0.3) is 0 Å². The topological polar surface area (TPSA) is 116 Å². The predicted molar refractivity (Wildman–Crippen MR) is 85.5 cm³/mol. The molecule has 1 heterocycles. The van der Waals surface area contributed by atoms with E-state index in [1.807, 2.05) is 6.07 Å². The Kier molecular flexibility index (Phi) is 5.18. The van der Waals surface area contributed by atoms with Gasteiger partial charge in [0.25, 0.3) is 5.69 Å². The van der Waals surface area contributed by atoms with E-state index in [1.54, 1.807) is 6.92 Å². The molecule has 1 fully saturated rings. The molecule has 1 aromatic rings. The molecule has 9 heteroatoms. The fraction of sp³-hybridized carbons (Fsp3) is 0.500. The van der Waals surface area contributed by atoms with Crippen LogP contribution >= 0.6 is 0 Å². The van der Waals surface area contributed by atoms with Crippen LogP contribution in [0.3, 0.4) is 0 Å². The van der Waals surface area contributed by atoms with Gasteiger partial charge in [-0.15, -0.1) is 0 Å². The zero-order chi connectivity index (χ0) is 17.0. The number of sulfonamides is 1. The van der Waals surface area contributed by atoms with Crippen LogP contribution < -0.4 is 5.32 Å². The van der Waals surface area contributed by atoms with Gasteiger partial charge >= 0.3 is 0 Å². The van der Waals surface area contributed by atoms with E-state index in [1.165, 1.54) is 22.5 Å². The van der Waals surface area contributed by atoms with Crippen LogP contribution in [0.1, 0.15) is 25.3 Å². The molecule has 2 rings (SSSR count). The van der Waals surface area contributed by atoms with Crippen LogP contribution in [0.2, 0.25) is 0 Å². The van der Waals surface area contributed by atoms with Crippen molar-refractivity contribution >= 4 is 21.4 Å². The standard InChI is InChI=1S/C14H18N4O4S/c1-2-23(21,22)17-7-5-12(6-8-17)16-13-9-11(10-15)3-4-14(13)18(19)20/h3-4,9,12,16H,2,5-8H2,1H3. The minimum Gasteiger partial charge on any atom is -0.377 e. The van der Waals surface area contributed by atoms with E-state index in [-0.39, 0.29) is 17.5 Å². The van der Waals surface area contributed by atoms with Crippen LogP contribution in [0.15, 0.2) is 18.2 Å². The molecule has 0 amide bonds. The van der Waals surface area contributed by atoms with Crippen molar-refractivity contribution in [3.63, 3.8) is 0 Å². The summed E-state index contributed by atoms with van der Waals surface area (Å²) in [6.07, 6.45) is 1.13. The molecule has 8 nitrogen and oxygen atoms in total. The summed E-state index contributed by atoms with van der Waals surface area (Å²) in [6, 6.07) is 6.05. The zero-order valence-electron chi connectivity index (χ0n) is 12.7. The first kappa shape index (κ1) is 17.2. The molecule has 1 aromatic carbocycles. The lowest BCUT2D eigenvalue weighted by Crippen LogP contribution is -2.43.